The Morgan fingerprint density at radius 2 is 2.05 bits per heavy atom. The molecule has 0 fully saturated rings. The average molecular weight is 322 g/mol. The molecule has 1 heterocycles. The zero-order valence-electron chi connectivity index (χ0n) is 11.9. The summed E-state index contributed by atoms with van der Waals surface area (Å²) in [7, 11) is 0. The maximum absolute atomic E-state index is 4.56. The number of hydrogen-bond donors (Lipinski definition) is 1. The van der Waals surface area contributed by atoms with Gasteiger partial charge in [0.25, 0.3) is 0 Å². The number of aromatic nitrogens is 2. The third kappa shape index (κ3) is 3.60. The van der Waals surface area contributed by atoms with E-state index >= 15 is 0 Å². The molecule has 2 aromatic rings. The van der Waals surface area contributed by atoms with Gasteiger partial charge in [0.05, 0.1) is 11.4 Å². The van der Waals surface area contributed by atoms with Crippen molar-refractivity contribution < 1.29 is 0 Å². The van der Waals surface area contributed by atoms with Crippen molar-refractivity contribution in [2.45, 2.75) is 34.2 Å². The average Bonchev–Trinajstić information content (AvgIpc) is 2.63. The zero-order chi connectivity index (χ0) is 14.0. The molecule has 1 N–H and O–H groups in total. The first-order valence-electron chi connectivity index (χ1n) is 6.52. The molecular formula is C15H20BrN3. The highest BCUT2D eigenvalue weighted by Gasteiger charge is 2.09. The summed E-state index contributed by atoms with van der Waals surface area (Å²) in [4.78, 5) is 4.56. The molecular weight excluding hydrogens is 302 g/mol. The second-order valence-corrected chi connectivity index (χ2v) is 6.21. The highest BCUT2D eigenvalue weighted by atomic mass is 79.9. The molecule has 0 radical (unpaired) electrons. The third-order valence-corrected chi connectivity index (χ3v) is 3.52. The second kappa shape index (κ2) is 5.78. The van der Waals surface area contributed by atoms with Crippen LogP contribution < -0.4 is 5.32 Å². The van der Waals surface area contributed by atoms with Gasteiger partial charge in [0.15, 0.2) is 0 Å². The zero-order valence-corrected chi connectivity index (χ0v) is 13.5. The standard InChI is InChI=1S/C15H20BrN3/c1-10(2)8-19-9-12(4)17-15(19)18-14-7-11(3)5-6-13(14)16/h5-7,9-10H,8H2,1-4H3,(H,17,18). The normalized spacial score (nSPS) is 11.1. The summed E-state index contributed by atoms with van der Waals surface area (Å²) < 4.78 is 3.23. The molecule has 102 valence electrons. The van der Waals surface area contributed by atoms with Crippen molar-refractivity contribution in [3.63, 3.8) is 0 Å². The summed E-state index contributed by atoms with van der Waals surface area (Å²) in [5, 5.41) is 3.41. The van der Waals surface area contributed by atoms with Gasteiger partial charge in [-0.15, -0.1) is 0 Å². The van der Waals surface area contributed by atoms with Crippen LogP contribution in [-0.2, 0) is 6.54 Å². The summed E-state index contributed by atoms with van der Waals surface area (Å²) in [6, 6.07) is 6.26. The van der Waals surface area contributed by atoms with E-state index in [9.17, 15) is 0 Å². The molecule has 0 aliphatic rings. The number of imidazole rings is 1. The topological polar surface area (TPSA) is 29.9 Å². The van der Waals surface area contributed by atoms with Gasteiger partial charge in [-0.3, -0.25) is 0 Å². The summed E-state index contributed by atoms with van der Waals surface area (Å²) in [6.07, 6.45) is 2.09. The fraction of sp³-hybridized carbons (Fsp3) is 0.400. The highest BCUT2D eigenvalue weighted by Crippen LogP contribution is 2.26. The SMILES string of the molecule is Cc1ccc(Br)c(Nc2nc(C)cn2CC(C)C)c1. The Labute approximate surface area is 123 Å². The summed E-state index contributed by atoms with van der Waals surface area (Å²) >= 11 is 3.57. The first-order chi connectivity index (χ1) is 8.95. The fourth-order valence-electron chi connectivity index (χ4n) is 2.03. The lowest BCUT2D eigenvalue weighted by atomic mass is 10.2. The van der Waals surface area contributed by atoms with Crippen LogP contribution in [0.25, 0.3) is 0 Å². The Kier molecular flexibility index (Phi) is 4.30. The predicted molar refractivity (Wildman–Crippen MR) is 84.0 cm³/mol. The lowest BCUT2D eigenvalue weighted by Crippen LogP contribution is -2.07. The molecule has 3 nitrogen and oxygen atoms in total. The minimum Gasteiger partial charge on any atom is -0.325 e. The first kappa shape index (κ1) is 14.1. The number of rotatable bonds is 4. The van der Waals surface area contributed by atoms with Crippen molar-refractivity contribution in [2.75, 3.05) is 5.32 Å². The Hall–Kier alpha value is -1.29. The van der Waals surface area contributed by atoms with Gasteiger partial charge in [0, 0.05) is 17.2 Å². The molecule has 4 heteroatoms. The number of anilines is 2. The van der Waals surface area contributed by atoms with Crippen LogP contribution in [0.2, 0.25) is 0 Å². The van der Waals surface area contributed by atoms with Crippen molar-refractivity contribution in [1.82, 2.24) is 9.55 Å². The van der Waals surface area contributed by atoms with E-state index in [0.717, 1.165) is 28.3 Å². The molecule has 0 saturated carbocycles. The van der Waals surface area contributed by atoms with E-state index < -0.39 is 0 Å². The van der Waals surface area contributed by atoms with Crippen molar-refractivity contribution in [1.29, 1.82) is 0 Å². The molecule has 0 saturated heterocycles. The summed E-state index contributed by atoms with van der Waals surface area (Å²) in [5.74, 6) is 1.49. The third-order valence-electron chi connectivity index (χ3n) is 2.83. The van der Waals surface area contributed by atoms with Crippen LogP contribution in [0.3, 0.4) is 0 Å². The van der Waals surface area contributed by atoms with Gasteiger partial charge in [0.1, 0.15) is 0 Å². The lowest BCUT2D eigenvalue weighted by Gasteiger charge is -2.13. The van der Waals surface area contributed by atoms with Crippen molar-refractivity contribution in [2.24, 2.45) is 5.92 Å². The van der Waals surface area contributed by atoms with Crippen LogP contribution in [-0.4, -0.2) is 9.55 Å². The van der Waals surface area contributed by atoms with E-state index in [2.05, 4.69) is 76.0 Å². The van der Waals surface area contributed by atoms with Crippen LogP contribution in [0.1, 0.15) is 25.1 Å². The van der Waals surface area contributed by atoms with Crippen LogP contribution in [0.15, 0.2) is 28.9 Å². The molecule has 0 aliphatic heterocycles. The second-order valence-electron chi connectivity index (χ2n) is 5.36. The number of halogens is 1. The number of hydrogen-bond acceptors (Lipinski definition) is 2. The van der Waals surface area contributed by atoms with E-state index in [1.165, 1.54) is 5.56 Å². The van der Waals surface area contributed by atoms with Gasteiger partial charge in [0.2, 0.25) is 5.95 Å². The fourth-order valence-corrected chi connectivity index (χ4v) is 2.38. The lowest BCUT2D eigenvalue weighted by molar-refractivity contribution is 0.527. The predicted octanol–water partition coefficient (Wildman–Crippen LogP) is 4.66. The summed E-state index contributed by atoms with van der Waals surface area (Å²) in [5.41, 5.74) is 3.31. The maximum atomic E-state index is 4.56. The minimum atomic E-state index is 0.593. The van der Waals surface area contributed by atoms with Gasteiger partial charge < -0.3 is 9.88 Å². The van der Waals surface area contributed by atoms with Crippen LogP contribution in [0, 0.1) is 19.8 Å². The molecule has 0 amide bonds. The van der Waals surface area contributed by atoms with Crippen molar-refractivity contribution >= 4 is 27.6 Å². The van der Waals surface area contributed by atoms with Gasteiger partial charge >= 0.3 is 0 Å². The van der Waals surface area contributed by atoms with Crippen LogP contribution in [0.4, 0.5) is 11.6 Å². The smallest absolute Gasteiger partial charge is 0.207 e. The van der Waals surface area contributed by atoms with Gasteiger partial charge in [-0.1, -0.05) is 19.9 Å². The summed E-state index contributed by atoms with van der Waals surface area (Å²) in [6.45, 7) is 9.49. The van der Waals surface area contributed by atoms with E-state index in [0.29, 0.717) is 5.92 Å². The van der Waals surface area contributed by atoms with Gasteiger partial charge in [-0.05, 0) is 53.4 Å². The Bertz CT molecular complexity index is 573. The molecule has 19 heavy (non-hydrogen) atoms. The Balaban J connectivity index is 2.29. The number of nitrogens with one attached hydrogen (secondary N) is 1. The molecule has 0 bridgehead atoms. The van der Waals surface area contributed by atoms with Gasteiger partial charge in [-0.25, -0.2) is 4.98 Å². The molecule has 0 atom stereocenters. The largest absolute Gasteiger partial charge is 0.325 e. The van der Waals surface area contributed by atoms with E-state index in [-0.39, 0.29) is 0 Å². The van der Waals surface area contributed by atoms with Crippen molar-refractivity contribution in [3.8, 4) is 0 Å². The van der Waals surface area contributed by atoms with E-state index in [1.54, 1.807) is 0 Å². The molecule has 1 aromatic carbocycles. The maximum Gasteiger partial charge on any atom is 0.207 e. The van der Waals surface area contributed by atoms with Crippen LogP contribution >= 0.6 is 15.9 Å². The number of aryl methyl sites for hydroxylation is 2. The number of benzene rings is 1. The highest BCUT2D eigenvalue weighted by molar-refractivity contribution is 9.10. The van der Waals surface area contributed by atoms with E-state index in [1.807, 2.05) is 6.92 Å². The molecule has 0 unspecified atom stereocenters. The minimum absolute atomic E-state index is 0.593. The Morgan fingerprint density at radius 1 is 1.32 bits per heavy atom. The number of nitrogens with zero attached hydrogens (tertiary/aromatic N) is 2. The molecule has 1 aromatic heterocycles. The van der Waals surface area contributed by atoms with Gasteiger partial charge in [-0.2, -0.15) is 0 Å². The molecule has 0 spiro atoms. The van der Waals surface area contributed by atoms with Crippen LogP contribution in [0.5, 0.6) is 0 Å². The first-order valence-corrected chi connectivity index (χ1v) is 7.32. The Morgan fingerprint density at radius 3 is 2.74 bits per heavy atom. The molecule has 0 aliphatic carbocycles. The molecule has 2 rings (SSSR count). The van der Waals surface area contributed by atoms with Crippen molar-refractivity contribution in [3.05, 3.63) is 40.1 Å². The monoisotopic (exact) mass is 321 g/mol. The van der Waals surface area contributed by atoms with E-state index in [4.69, 9.17) is 0 Å². The quantitative estimate of drug-likeness (QED) is 0.887.